The molecule has 0 aliphatic heterocycles. The van der Waals surface area contributed by atoms with Crippen molar-refractivity contribution in [1.82, 2.24) is 10.2 Å². The van der Waals surface area contributed by atoms with Crippen LogP contribution >= 0.6 is 0 Å². The summed E-state index contributed by atoms with van der Waals surface area (Å²) in [6.45, 7) is 9.75. The minimum absolute atomic E-state index is 0.180. The van der Waals surface area contributed by atoms with Crippen LogP contribution in [0.4, 0.5) is 0 Å². The van der Waals surface area contributed by atoms with E-state index in [2.05, 4.69) is 56.9 Å². The first-order valence-corrected chi connectivity index (χ1v) is 6.33. The van der Waals surface area contributed by atoms with Crippen LogP contribution in [0, 0.1) is 11.8 Å². The zero-order valence-electron chi connectivity index (χ0n) is 11.9. The van der Waals surface area contributed by atoms with Crippen molar-refractivity contribution in [1.29, 1.82) is 0 Å². The van der Waals surface area contributed by atoms with E-state index in [1.165, 1.54) is 6.42 Å². The summed E-state index contributed by atoms with van der Waals surface area (Å²) in [4.78, 5) is 2.32. The molecule has 16 heavy (non-hydrogen) atoms. The summed E-state index contributed by atoms with van der Waals surface area (Å²) in [6, 6.07) is 0.444. The van der Waals surface area contributed by atoms with Gasteiger partial charge in [-0.3, -0.25) is 0 Å². The van der Waals surface area contributed by atoms with Crippen LogP contribution in [-0.4, -0.2) is 37.1 Å². The minimum atomic E-state index is 0.180. The highest BCUT2D eigenvalue weighted by atomic mass is 15.2. The van der Waals surface area contributed by atoms with E-state index in [1.54, 1.807) is 0 Å². The van der Waals surface area contributed by atoms with Gasteiger partial charge in [-0.1, -0.05) is 13.8 Å². The molecule has 0 aliphatic rings. The van der Waals surface area contributed by atoms with Gasteiger partial charge in [-0.25, -0.2) is 0 Å². The van der Waals surface area contributed by atoms with Gasteiger partial charge in [-0.05, 0) is 47.3 Å². The normalized spacial score (nSPS) is 16.4. The van der Waals surface area contributed by atoms with Crippen molar-refractivity contribution >= 4 is 0 Å². The van der Waals surface area contributed by atoms with Gasteiger partial charge >= 0.3 is 0 Å². The number of nitrogens with one attached hydrogen (secondary N) is 1. The molecule has 2 nitrogen and oxygen atoms in total. The molecule has 0 spiro atoms. The third-order valence-corrected chi connectivity index (χ3v) is 3.61. The molecule has 2 heteroatoms. The first-order valence-electron chi connectivity index (χ1n) is 6.33. The molecule has 0 rings (SSSR count). The Kier molecular flexibility index (Phi) is 7.45. The van der Waals surface area contributed by atoms with Gasteiger partial charge in [-0.2, -0.15) is 0 Å². The van der Waals surface area contributed by atoms with E-state index in [0.717, 1.165) is 19.4 Å². The summed E-state index contributed by atoms with van der Waals surface area (Å²) in [7, 11) is 4.31. The molecule has 2 unspecified atom stereocenters. The molecule has 0 amide bonds. The van der Waals surface area contributed by atoms with Gasteiger partial charge in [0.1, 0.15) is 0 Å². The monoisotopic (exact) mass is 224 g/mol. The van der Waals surface area contributed by atoms with Crippen molar-refractivity contribution in [2.24, 2.45) is 0 Å². The Bertz CT molecular complexity index is 237. The van der Waals surface area contributed by atoms with Gasteiger partial charge in [0.2, 0.25) is 0 Å². The molecule has 0 aliphatic carbocycles. The van der Waals surface area contributed by atoms with Crippen molar-refractivity contribution in [3.8, 4) is 11.8 Å². The van der Waals surface area contributed by atoms with Crippen LogP contribution in [0.1, 0.15) is 47.0 Å². The number of hydrogen-bond acceptors (Lipinski definition) is 2. The van der Waals surface area contributed by atoms with Gasteiger partial charge in [0.05, 0.1) is 0 Å². The lowest BCUT2D eigenvalue weighted by Crippen LogP contribution is -2.56. The molecule has 0 aromatic rings. The van der Waals surface area contributed by atoms with E-state index < -0.39 is 0 Å². The lowest BCUT2D eigenvalue weighted by atomic mass is 9.86. The maximum atomic E-state index is 3.63. The second kappa shape index (κ2) is 7.70. The molecule has 0 bridgehead atoms. The smallest absolute Gasteiger partial charge is 0.0358 e. The highest BCUT2D eigenvalue weighted by Crippen LogP contribution is 2.23. The molecule has 0 aromatic heterocycles. The summed E-state index contributed by atoms with van der Waals surface area (Å²) in [5.74, 6) is 6.21. The second-order valence-electron chi connectivity index (χ2n) is 4.74. The third kappa shape index (κ3) is 4.15. The van der Waals surface area contributed by atoms with Crippen LogP contribution in [0.25, 0.3) is 0 Å². The summed E-state index contributed by atoms with van der Waals surface area (Å²) in [6.07, 6.45) is 3.23. The van der Waals surface area contributed by atoms with Gasteiger partial charge in [0.15, 0.2) is 0 Å². The van der Waals surface area contributed by atoms with Crippen LogP contribution in [0.2, 0.25) is 0 Å². The predicted octanol–water partition coefficient (Wildman–Crippen LogP) is 2.50. The molecule has 94 valence electrons. The van der Waals surface area contributed by atoms with Gasteiger partial charge in [-0.15, -0.1) is 11.8 Å². The van der Waals surface area contributed by atoms with E-state index in [0.29, 0.717) is 6.04 Å². The lowest BCUT2D eigenvalue weighted by Gasteiger charge is -2.42. The van der Waals surface area contributed by atoms with Gasteiger partial charge in [0, 0.05) is 18.0 Å². The maximum absolute atomic E-state index is 3.63. The Morgan fingerprint density at radius 2 is 1.94 bits per heavy atom. The first kappa shape index (κ1) is 15.5. The van der Waals surface area contributed by atoms with Crippen molar-refractivity contribution < 1.29 is 0 Å². The van der Waals surface area contributed by atoms with E-state index in [4.69, 9.17) is 0 Å². The standard InChI is InChI=1S/C14H28N2/c1-7-10-11-13(15-12-8-2)14(4,9-3)16(5)6/h13,15H,8-9,11-12H2,1-6H3. The highest BCUT2D eigenvalue weighted by Gasteiger charge is 2.33. The second-order valence-corrected chi connectivity index (χ2v) is 4.74. The molecule has 0 saturated carbocycles. The van der Waals surface area contributed by atoms with E-state index in [1.807, 2.05) is 6.92 Å². The van der Waals surface area contributed by atoms with Gasteiger partial charge < -0.3 is 10.2 Å². The fourth-order valence-electron chi connectivity index (χ4n) is 1.91. The van der Waals surface area contributed by atoms with Crippen molar-refractivity contribution in [2.75, 3.05) is 20.6 Å². The molecular weight excluding hydrogens is 196 g/mol. The average molecular weight is 224 g/mol. The Morgan fingerprint density at radius 3 is 2.31 bits per heavy atom. The van der Waals surface area contributed by atoms with Crippen LogP contribution in [-0.2, 0) is 0 Å². The third-order valence-electron chi connectivity index (χ3n) is 3.61. The van der Waals surface area contributed by atoms with E-state index in [9.17, 15) is 0 Å². The molecule has 1 N–H and O–H groups in total. The number of likely N-dealkylation sites (N-methyl/N-ethyl adjacent to an activating group) is 1. The first-order chi connectivity index (χ1) is 7.52. The largest absolute Gasteiger partial charge is 0.311 e. The zero-order valence-corrected chi connectivity index (χ0v) is 11.9. The zero-order chi connectivity index (χ0) is 12.6. The fraction of sp³-hybridized carbons (Fsp3) is 0.857. The Hall–Kier alpha value is -0.520. The Balaban J connectivity index is 4.71. The fourth-order valence-corrected chi connectivity index (χ4v) is 1.91. The Morgan fingerprint density at radius 1 is 1.31 bits per heavy atom. The molecule has 0 aromatic carbocycles. The summed E-state index contributed by atoms with van der Waals surface area (Å²) in [5, 5.41) is 3.63. The summed E-state index contributed by atoms with van der Waals surface area (Å²) < 4.78 is 0. The predicted molar refractivity (Wildman–Crippen MR) is 72.5 cm³/mol. The summed E-state index contributed by atoms with van der Waals surface area (Å²) >= 11 is 0. The number of hydrogen-bond donors (Lipinski definition) is 1. The Labute approximate surface area is 102 Å². The topological polar surface area (TPSA) is 15.3 Å². The summed E-state index contributed by atoms with van der Waals surface area (Å²) in [5.41, 5.74) is 0.180. The lowest BCUT2D eigenvalue weighted by molar-refractivity contribution is 0.115. The van der Waals surface area contributed by atoms with Crippen LogP contribution < -0.4 is 5.32 Å². The maximum Gasteiger partial charge on any atom is 0.0358 e. The SMILES string of the molecule is CC#CCC(NCCC)C(C)(CC)N(C)C. The molecular formula is C14H28N2. The van der Waals surface area contributed by atoms with Crippen LogP contribution in [0.5, 0.6) is 0 Å². The van der Waals surface area contributed by atoms with Gasteiger partial charge in [0.25, 0.3) is 0 Å². The van der Waals surface area contributed by atoms with Crippen molar-refractivity contribution in [3.05, 3.63) is 0 Å². The number of nitrogens with zero attached hydrogens (tertiary/aromatic N) is 1. The van der Waals surface area contributed by atoms with Crippen LogP contribution in [0.3, 0.4) is 0 Å². The van der Waals surface area contributed by atoms with Crippen LogP contribution in [0.15, 0.2) is 0 Å². The molecule has 2 atom stereocenters. The van der Waals surface area contributed by atoms with E-state index in [-0.39, 0.29) is 5.54 Å². The van der Waals surface area contributed by atoms with E-state index >= 15 is 0 Å². The molecule has 0 heterocycles. The van der Waals surface area contributed by atoms with Crippen molar-refractivity contribution in [3.63, 3.8) is 0 Å². The van der Waals surface area contributed by atoms with Crippen molar-refractivity contribution in [2.45, 2.75) is 58.5 Å². The highest BCUT2D eigenvalue weighted by molar-refractivity contribution is 5.05. The molecule has 0 fully saturated rings. The number of rotatable bonds is 7. The minimum Gasteiger partial charge on any atom is -0.311 e. The molecule has 0 saturated heterocycles. The molecule has 0 radical (unpaired) electrons. The average Bonchev–Trinajstić information content (AvgIpc) is 2.28. The quantitative estimate of drug-likeness (QED) is 0.668.